The lowest BCUT2D eigenvalue weighted by Gasteiger charge is -2.09. The van der Waals surface area contributed by atoms with Crippen LogP contribution in [-0.2, 0) is 13.0 Å². The Balaban J connectivity index is 1.92. The minimum atomic E-state index is 0.900. The number of nitrogens with zero attached hydrogens (tertiary/aromatic N) is 2. The molecule has 1 aromatic heterocycles. The standard InChI is InChI=1S/C15H21N3O/c1-3-9-16-15-17-10-12-18(15)11-8-13-4-6-14(19-2)7-5-13/h4-7,10,12H,3,8-9,11H2,1-2H3,(H,16,17). The number of rotatable bonds is 7. The maximum atomic E-state index is 5.16. The van der Waals surface area contributed by atoms with E-state index in [9.17, 15) is 0 Å². The lowest BCUT2D eigenvalue weighted by atomic mass is 10.1. The first-order chi connectivity index (χ1) is 9.33. The minimum absolute atomic E-state index is 0.900. The lowest BCUT2D eigenvalue weighted by Crippen LogP contribution is -2.09. The smallest absolute Gasteiger partial charge is 0.202 e. The van der Waals surface area contributed by atoms with Crippen LogP contribution in [-0.4, -0.2) is 23.2 Å². The molecule has 0 saturated heterocycles. The van der Waals surface area contributed by atoms with E-state index in [1.54, 1.807) is 7.11 Å². The Kier molecular flexibility index (Phi) is 4.84. The highest BCUT2D eigenvalue weighted by Crippen LogP contribution is 2.13. The van der Waals surface area contributed by atoms with E-state index in [-0.39, 0.29) is 0 Å². The predicted octanol–water partition coefficient (Wildman–Crippen LogP) is 2.96. The molecule has 0 fully saturated rings. The molecule has 0 aliphatic heterocycles. The van der Waals surface area contributed by atoms with Crippen LogP contribution in [0.5, 0.6) is 5.75 Å². The van der Waals surface area contributed by atoms with Gasteiger partial charge >= 0.3 is 0 Å². The molecule has 1 aromatic carbocycles. The Morgan fingerprint density at radius 3 is 2.74 bits per heavy atom. The molecule has 0 radical (unpaired) electrons. The van der Waals surface area contributed by atoms with Gasteiger partial charge in [0.2, 0.25) is 5.95 Å². The van der Waals surface area contributed by atoms with Crippen LogP contribution in [0.25, 0.3) is 0 Å². The highest BCUT2D eigenvalue weighted by atomic mass is 16.5. The van der Waals surface area contributed by atoms with Gasteiger partial charge in [0.25, 0.3) is 0 Å². The van der Waals surface area contributed by atoms with E-state index in [1.807, 2.05) is 24.5 Å². The third kappa shape index (κ3) is 3.74. The van der Waals surface area contributed by atoms with Crippen molar-refractivity contribution in [1.29, 1.82) is 0 Å². The quantitative estimate of drug-likeness (QED) is 0.831. The first kappa shape index (κ1) is 13.5. The van der Waals surface area contributed by atoms with Crippen LogP contribution in [0.1, 0.15) is 18.9 Å². The van der Waals surface area contributed by atoms with Gasteiger partial charge in [-0.15, -0.1) is 0 Å². The summed E-state index contributed by atoms with van der Waals surface area (Å²) in [4.78, 5) is 4.33. The summed E-state index contributed by atoms with van der Waals surface area (Å²) < 4.78 is 7.31. The second-order valence-electron chi connectivity index (χ2n) is 4.47. The number of hydrogen-bond acceptors (Lipinski definition) is 3. The highest BCUT2D eigenvalue weighted by Gasteiger charge is 2.02. The summed E-state index contributed by atoms with van der Waals surface area (Å²) in [5, 5.41) is 3.33. The Bertz CT molecular complexity index is 490. The minimum Gasteiger partial charge on any atom is -0.497 e. The summed E-state index contributed by atoms with van der Waals surface area (Å²) in [7, 11) is 1.69. The van der Waals surface area contributed by atoms with E-state index in [1.165, 1.54) is 5.56 Å². The molecule has 4 heteroatoms. The number of anilines is 1. The van der Waals surface area contributed by atoms with Crippen molar-refractivity contribution in [3.63, 3.8) is 0 Å². The molecule has 0 aliphatic rings. The van der Waals surface area contributed by atoms with Crippen molar-refractivity contribution in [2.75, 3.05) is 19.0 Å². The molecule has 0 spiro atoms. The van der Waals surface area contributed by atoms with Crippen molar-refractivity contribution in [3.8, 4) is 5.75 Å². The summed E-state index contributed by atoms with van der Waals surface area (Å²) in [6.45, 7) is 4.04. The maximum absolute atomic E-state index is 5.16. The van der Waals surface area contributed by atoms with E-state index in [0.717, 1.165) is 37.6 Å². The van der Waals surface area contributed by atoms with Crippen molar-refractivity contribution in [2.24, 2.45) is 0 Å². The van der Waals surface area contributed by atoms with Gasteiger partial charge in [-0.25, -0.2) is 4.98 Å². The van der Waals surface area contributed by atoms with Gasteiger partial charge in [-0.2, -0.15) is 0 Å². The molecule has 0 atom stereocenters. The third-order valence-corrected chi connectivity index (χ3v) is 3.05. The van der Waals surface area contributed by atoms with Gasteiger partial charge in [0.05, 0.1) is 7.11 Å². The van der Waals surface area contributed by atoms with E-state index in [4.69, 9.17) is 4.74 Å². The first-order valence-corrected chi connectivity index (χ1v) is 6.71. The number of benzene rings is 1. The topological polar surface area (TPSA) is 39.1 Å². The molecular weight excluding hydrogens is 238 g/mol. The molecule has 1 heterocycles. The highest BCUT2D eigenvalue weighted by molar-refractivity contribution is 5.28. The zero-order valence-electron chi connectivity index (χ0n) is 11.6. The zero-order valence-corrected chi connectivity index (χ0v) is 11.6. The van der Waals surface area contributed by atoms with Gasteiger partial charge in [-0.05, 0) is 30.5 Å². The van der Waals surface area contributed by atoms with Gasteiger partial charge in [0.1, 0.15) is 5.75 Å². The van der Waals surface area contributed by atoms with E-state index in [2.05, 4.69) is 33.9 Å². The lowest BCUT2D eigenvalue weighted by molar-refractivity contribution is 0.414. The molecule has 19 heavy (non-hydrogen) atoms. The molecule has 0 bridgehead atoms. The summed E-state index contributed by atoms with van der Waals surface area (Å²) in [5.41, 5.74) is 1.30. The van der Waals surface area contributed by atoms with Crippen molar-refractivity contribution < 1.29 is 4.74 Å². The van der Waals surface area contributed by atoms with Crippen LogP contribution in [0.2, 0.25) is 0 Å². The van der Waals surface area contributed by atoms with Gasteiger partial charge < -0.3 is 14.6 Å². The Morgan fingerprint density at radius 2 is 2.05 bits per heavy atom. The number of imidazole rings is 1. The second kappa shape index (κ2) is 6.83. The summed E-state index contributed by atoms with van der Waals surface area (Å²) in [5.74, 6) is 1.85. The van der Waals surface area contributed by atoms with Gasteiger partial charge in [0, 0.05) is 25.5 Å². The number of aryl methyl sites for hydroxylation is 2. The van der Waals surface area contributed by atoms with Crippen LogP contribution in [0.3, 0.4) is 0 Å². The van der Waals surface area contributed by atoms with Crippen molar-refractivity contribution in [3.05, 3.63) is 42.2 Å². The normalized spacial score (nSPS) is 10.4. The largest absolute Gasteiger partial charge is 0.497 e. The number of aromatic nitrogens is 2. The zero-order chi connectivity index (χ0) is 13.5. The average Bonchev–Trinajstić information content (AvgIpc) is 2.91. The number of nitrogens with one attached hydrogen (secondary N) is 1. The SMILES string of the molecule is CCCNc1nccn1CCc1ccc(OC)cc1. The molecule has 0 saturated carbocycles. The molecule has 2 rings (SSSR count). The molecule has 4 nitrogen and oxygen atoms in total. The number of methoxy groups -OCH3 is 1. The molecule has 0 amide bonds. The van der Waals surface area contributed by atoms with Crippen molar-refractivity contribution in [2.45, 2.75) is 26.3 Å². The first-order valence-electron chi connectivity index (χ1n) is 6.71. The van der Waals surface area contributed by atoms with Crippen molar-refractivity contribution in [1.82, 2.24) is 9.55 Å². The van der Waals surface area contributed by atoms with E-state index < -0.39 is 0 Å². The van der Waals surface area contributed by atoms with E-state index in [0.29, 0.717) is 0 Å². The molecule has 0 unspecified atom stereocenters. The number of hydrogen-bond donors (Lipinski definition) is 1. The van der Waals surface area contributed by atoms with Crippen LogP contribution >= 0.6 is 0 Å². The molecular formula is C15H21N3O. The summed E-state index contributed by atoms with van der Waals surface area (Å²) >= 11 is 0. The predicted molar refractivity (Wildman–Crippen MR) is 77.7 cm³/mol. The Labute approximate surface area is 114 Å². The maximum Gasteiger partial charge on any atom is 0.202 e. The molecule has 2 aromatic rings. The average molecular weight is 259 g/mol. The fourth-order valence-electron chi connectivity index (χ4n) is 1.94. The van der Waals surface area contributed by atoms with Crippen LogP contribution < -0.4 is 10.1 Å². The third-order valence-electron chi connectivity index (χ3n) is 3.05. The summed E-state index contributed by atoms with van der Waals surface area (Å²) in [6, 6.07) is 8.21. The fraction of sp³-hybridized carbons (Fsp3) is 0.400. The van der Waals surface area contributed by atoms with Gasteiger partial charge in [-0.1, -0.05) is 19.1 Å². The van der Waals surface area contributed by atoms with Crippen LogP contribution in [0.4, 0.5) is 5.95 Å². The van der Waals surface area contributed by atoms with Crippen molar-refractivity contribution >= 4 is 5.95 Å². The van der Waals surface area contributed by atoms with E-state index >= 15 is 0 Å². The van der Waals surface area contributed by atoms with Crippen LogP contribution in [0.15, 0.2) is 36.7 Å². The van der Waals surface area contributed by atoms with Gasteiger partial charge in [0.15, 0.2) is 0 Å². The fourth-order valence-corrected chi connectivity index (χ4v) is 1.94. The number of ether oxygens (including phenoxy) is 1. The molecule has 102 valence electrons. The molecule has 0 aliphatic carbocycles. The molecule has 1 N–H and O–H groups in total. The van der Waals surface area contributed by atoms with Crippen LogP contribution in [0, 0.1) is 0 Å². The Hall–Kier alpha value is -1.97. The van der Waals surface area contributed by atoms with Gasteiger partial charge in [-0.3, -0.25) is 0 Å². The Morgan fingerprint density at radius 1 is 1.26 bits per heavy atom. The monoisotopic (exact) mass is 259 g/mol. The summed E-state index contributed by atoms with van der Waals surface area (Å²) in [6.07, 6.45) is 5.94. The second-order valence-corrected chi connectivity index (χ2v) is 4.47.